The van der Waals surface area contributed by atoms with Crippen LogP contribution in [0.1, 0.15) is 15.9 Å². The van der Waals surface area contributed by atoms with Gasteiger partial charge in [-0.15, -0.1) is 0 Å². The zero-order valence-electron chi connectivity index (χ0n) is 14.2. The van der Waals surface area contributed by atoms with E-state index in [1.807, 2.05) is 18.2 Å². The number of phenolic OH excluding ortho intramolecular Hbond substituents is 1. The smallest absolute Gasteiger partial charge is 0.342 e. The first kappa shape index (κ1) is 17.6. The Morgan fingerprint density at radius 1 is 1.19 bits per heavy atom. The number of amides is 1. The van der Waals surface area contributed by atoms with Gasteiger partial charge in [-0.3, -0.25) is 4.79 Å². The molecule has 1 atom stereocenters. The second kappa shape index (κ2) is 7.77. The number of carbonyl (C=O) groups excluding carboxylic acids is 2. The summed E-state index contributed by atoms with van der Waals surface area (Å²) in [6.45, 7) is 1.76. The average molecular weight is 357 g/mol. The first-order valence-electron chi connectivity index (χ1n) is 8.15. The maximum absolute atomic E-state index is 12.0. The molecule has 1 heterocycles. The first-order chi connectivity index (χ1) is 12.5. The molecule has 0 saturated heterocycles. The first-order valence-corrected chi connectivity index (χ1v) is 8.15. The van der Waals surface area contributed by atoms with Gasteiger partial charge in [-0.25, -0.2) is 4.79 Å². The van der Waals surface area contributed by atoms with E-state index in [1.54, 1.807) is 25.1 Å². The second-order valence-corrected chi connectivity index (χ2v) is 5.85. The number of hydrogen-bond donors (Lipinski definition) is 2. The van der Waals surface area contributed by atoms with Gasteiger partial charge in [-0.05, 0) is 30.7 Å². The molecule has 0 saturated carbocycles. The molecule has 0 aromatic heterocycles. The molecule has 3 rings (SSSR count). The molecule has 26 heavy (non-hydrogen) atoms. The number of para-hydroxylation sites is 3. The fourth-order valence-corrected chi connectivity index (χ4v) is 2.47. The molecule has 2 N–H and O–H groups in total. The minimum absolute atomic E-state index is 0.0263. The Bertz CT molecular complexity index is 819. The van der Waals surface area contributed by atoms with Crippen LogP contribution in [-0.4, -0.2) is 42.8 Å². The van der Waals surface area contributed by atoms with Crippen molar-refractivity contribution in [2.75, 3.05) is 19.8 Å². The van der Waals surface area contributed by atoms with Gasteiger partial charge >= 0.3 is 5.97 Å². The number of ether oxygens (including phenoxy) is 3. The molecule has 0 fully saturated rings. The number of nitrogens with one attached hydrogen (secondary N) is 1. The molecule has 7 nitrogen and oxygen atoms in total. The molecular formula is C19H19NO6. The van der Waals surface area contributed by atoms with Gasteiger partial charge in [0.15, 0.2) is 18.1 Å². The molecule has 0 spiro atoms. The summed E-state index contributed by atoms with van der Waals surface area (Å²) in [5.41, 5.74) is 0.581. The largest absolute Gasteiger partial charge is 0.507 e. The molecule has 2 aromatic carbocycles. The van der Waals surface area contributed by atoms with Crippen molar-refractivity contribution < 1.29 is 28.9 Å². The number of rotatable bonds is 5. The number of aryl methyl sites for hydroxylation is 1. The van der Waals surface area contributed by atoms with E-state index in [1.165, 1.54) is 6.07 Å². The lowest BCUT2D eigenvalue weighted by Crippen LogP contribution is -2.42. The van der Waals surface area contributed by atoms with Gasteiger partial charge in [0.1, 0.15) is 24.0 Å². The molecule has 1 aliphatic rings. The molecule has 0 bridgehead atoms. The maximum atomic E-state index is 12.0. The summed E-state index contributed by atoms with van der Waals surface area (Å²) >= 11 is 0. The third-order valence-electron chi connectivity index (χ3n) is 3.89. The summed E-state index contributed by atoms with van der Waals surface area (Å²) in [5.74, 6) is -0.0777. The number of fused-ring (bicyclic) bond motifs is 1. The van der Waals surface area contributed by atoms with Gasteiger partial charge in [0.2, 0.25) is 0 Å². The van der Waals surface area contributed by atoms with Gasteiger partial charge in [0.25, 0.3) is 5.91 Å². The summed E-state index contributed by atoms with van der Waals surface area (Å²) in [4.78, 5) is 23.8. The Balaban J connectivity index is 1.45. The van der Waals surface area contributed by atoms with E-state index in [0.717, 1.165) is 0 Å². The van der Waals surface area contributed by atoms with Crippen molar-refractivity contribution in [2.45, 2.75) is 13.0 Å². The normalized spacial score (nSPS) is 15.2. The van der Waals surface area contributed by atoms with Crippen LogP contribution in [0.3, 0.4) is 0 Å². The highest BCUT2D eigenvalue weighted by Crippen LogP contribution is 2.30. The molecule has 2 aromatic rings. The highest BCUT2D eigenvalue weighted by Gasteiger charge is 2.21. The number of benzene rings is 2. The van der Waals surface area contributed by atoms with Gasteiger partial charge in [-0.1, -0.05) is 24.3 Å². The highest BCUT2D eigenvalue weighted by atomic mass is 16.6. The summed E-state index contributed by atoms with van der Waals surface area (Å²) in [7, 11) is 0. The van der Waals surface area contributed by atoms with Crippen LogP contribution in [0.2, 0.25) is 0 Å². The Labute approximate surface area is 150 Å². The molecule has 7 heteroatoms. The SMILES string of the molecule is Cc1cccc(C(=O)OCC(=O)NC[C@H]2COc3ccccc3O2)c1O. The number of hydrogen-bond acceptors (Lipinski definition) is 6. The van der Waals surface area contributed by atoms with E-state index in [0.29, 0.717) is 23.7 Å². The molecular weight excluding hydrogens is 338 g/mol. The molecule has 1 aliphatic heterocycles. The Kier molecular flexibility index (Phi) is 5.26. The number of carbonyl (C=O) groups is 2. The van der Waals surface area contributed by atoms with Crippen molar-refractivity contribution in [3.05, 3.63) is 53.6 Å². The predicted octanol–water partition coefficient (Wildman–Crippen LogP) is 1.81. The van der Waals surface area contributed by atoms with Gasteiger partial charge in [0, 0.05) is 0 Å². The van der Waals surface area contributed by atoms with E-state index >= 15 is 0 Å². The quantitative estimate of drug-likeness (QED) is 0.793. The van der Waals surface area contributed by atoms with Gasteiger partial charge in [-0.2, -0.15) is 0 Å². The van der Waals surface area contributed by atoms with Crippen LogP contribution >= 0.6 is 0 Å². The van der Waals surface area contributed by atoms with Crippen molar-refractivity contribution in [1.29, 1.82) is 0 Å². The molecule has 0 unspecified atom stereocenters. The Hall–Kier alpha value is -3.22. The van der Waals surface area contributed by atoms with Crippen LogP contribution in [0.5, 0.6) is 17.2 Å². The highest BCUT2D eigenvalue weighted by molar-refractivity contribution is 5.94. The van der Waals surface area contributed by atoms with E-state index in [-0.39, 0.29) is 24.0 Å². The summed E-state index contributed by atoms with van der Waals surface area (Å²) < 4.78 is 16.2. The Morgan fingerprint density at radius 2 is 1.96 bits per heavy atom. The van der Waals surface area contributed by atoms with Crippen molar-refractivity contribution >= 4 is 11.9 Å². The molecule has 1 amide bonds. The van der Waals surface area contributed by atoms with Crippen LogP contribution in [-0.2, 0) is 9.53 Å². The van der Waals surface area contributed by atoms with E-state index in [2.05, 4.69) is 5.32 Å². The monoisotopic (exact) mass is 357 g/mol. The summed E-state index contributed by atoms with van der Waals surface area (Å²) in [6, 6.07) is 12.0. The van der Waals surface area contributed by atoms with Crippen LogP contribution in [0.25, 0.3) is 0 Å². The topological polar surface area (TPSA) is 94.1 Å². The summed E-state index contributed by atoms with van der Waals surface area (Å²) in [5, 5.41) is 12.5. The fraction of sp³-hybridized carbons (Fsp3) is 0.263. The average Bonchev–Trinajstić information content (AvgIpc) is 2.66. The Morgan fingerprint density at radius 3 is 2.77 bits per heavy atom. The minimum atomic E-state index is -0.757. The third-order valence-corrected chi connectivity index (χ3v) is 3.89. The lowest BCUT2D eigenvalue weighted by Gasteiger charge is -2.26. The standard InChI is InChI=1S/C19H19NO6/c1-12-5-4-6-14(18(12)22)19(23)25-11-17(21)20-9-13-10-24-15-7-2-3-8-16(15)26-13/h2-8,13,22H,9-11H2,1H3,(H,20,21)/t13-/m0/s1. The van der Waals surface area contributed by atoms with Crippen molar-refractivity contribution in [3.63, 3.8) is 0 Å². The second-order valence-electron chi connectivity index (χ2n) is 5.85. The van der Waals surface area contributed by atoms with Crippen molar-refractivity contribution in [1.82, 2.24) is 5.32 Å². The van der Waals surface area contributed by atoms with Crippen LogP contribution < -0.4 is 14.8 Å². The third kappa shape index (κ3) is 4.05. The van der Waals surface area contributed by atoms with Crippen molar-refractivity contribution in [2.24, 2.45) is 0 Å². The lowest BCUT2D eigenvalue weighted by atomic mass is 10.1. The number of aromatic hydroxyl groups is 1. The zero-order valence-corrected chi connectivity index (χ0v) is 14.2. The minimum Gasteiger partial charge on any atom is -0.507 e. The molecule has 0 radical (unpaired) electrons. The van der Waals surface area contributed by atoms with Crippen LogP contribution in [0, 0.1) is 6.92 Å². The van der Waals surface area contributed by atoms with E-state index in [4.69, 9.17) is 14.2 Å². The zero-order chi connectivity index (χ0) is 18.5. The van der Waals surface area contributed by atoms with E-state index in [9.17, 15) is 14.7 Å². The van der Waals surface area contributed by atoms with Crippen LogP contribution in [0.4, 0.5) is 0 Å². The van der Waals surface area contributed by atoms with Gasteiger partial charge < -0.3 is 24.6 Å². The fourth-order valence-electron chi connectivity index (χ4n) is 2.47. The number of esters is 1. The predicted molar refractivity (Wildman–Crippen MR) is 92.5 cm³/mol. The maximum Gasteiger partial charge on any atom is 0.342 e. The lowest BCUT2D eigenvalue weighted by molar-refractivity contribution is -0.124. The molecule has 136 valence electrons. The molecule has 0 aliphatic carbocycles. The van der Waals surface area contributed by atoms with Crippen molar-refractivity contribution in [3.8, 4) is 17.2 Å². The number of phenols is 1. The summed E-state index contributed by atoms with van der Waals surface area (Å²) in [6.07, 6.45) is -0.328. The van der Waals surface area contributed by atoms with E-state index < -0.39 is 18.5 Å². The van der Waals surface area contributed by atoms with Gasteiger partial charge in [0.05, 0.1) is 6.54 Å². The van der Waals surface area contributed by atoms with Crippen LogP contribution in [0.15, 0.2) is 42.5 Å².